The van der Waals surface area contributed by atoms with Crippen LogP contribution >= 0.6 is 11.6 Å². The van der Waals surface area contributed by atoms with E-state index in [2.05, 4.69) is 4.74 Å². The SMILES string of the molecule is CC(=O)c1cc(C(F)(F)F)c(Cl)cc1OC(F)F. The molecule has 0 saturated heterocycles. The number of alkyl halides is 5. The van der Waals surface area contributed by atoms with E-state index in [9.17, 15) is 26.7 Å². The van der Waals surface area contributed by atoms with Crippen LogP contribution < -0.4 is 4.74 Å². The zero-order chi connectivity index (χ0) is 14.1. The molecule has 0 amide bonds. The van der Waals surface area contributed by atoms with Gasteiger partial charge in [0.1, 0.15) is 5.75 Å². The Bertz CT molecular complexity index is 470. The molecule has 1 aromatic rings. The molecule has 0 atom stereocenters. The Balaban J connectivity index is 3.39. The molecule has 1 rings (SSSR count). The van der Waals surface area contributed by atoms with Crippen molar-refractivity contribution in [3.63, 3.8) is 0 Å². The Kier molecular flexibility index (Phi) is 4.16. The Hall–Kier alpha value is -1.37. The van der Waals surface area contributed by atoms with Crippen LogP contribution in [0.25, 0.3) is 0 Å². The van der Waals surface area contributed by atoms with E-state index in [4.69, 9.17) is 11.6 Å². The molecule has 1 aromatic carbocycles. The number of rotatable bonds is 3. The highest BCUT2D eigenvalue weighted by molar-refractivity contribution is 6.31. The van der Waals surface area contributed by atoms with Crippen molar-refractivity contribution < 1.29 is 31.5 Å². The van der Waals surface area contributed by atoms with E-state index in [1.54, 1.807) is 0 Å². The van der Waals surface area contributed by atoms with Gasteiger partial charge in [-0.25, -0.2) is 0 Å². The van der Waals surface area contributed by atoms with E-state index < -0.39 is 40.5 Å². The van der Waals surface area contributed by atoms with Crippen LogP contribution in [0.3, 0.4) is 0 Å². The number of ketones is 1. The van der Waals surface area contributed by atoms with Gasteiger partial charge in [0.15, 0.2) is 5.78 Å². The third kappa shape index (κ3) is 3.32. The number of halogens is 6. The van der Waals surface area contributed by atoms with E-state index in [1.807, 2.05) is 0 Å². The van der Waals surface area contributed by atoms with Crippen molar-refractivity contribution in [3.8, 4) is 5.75 Å². The second-order valence-electron chi connectivity index (χ2n) is 3.26. The molecule has 100 valence electrons. The third-order valence-corrected chi connectivity index (χ3v) is 2.28. The highest BCUT2D eigenvalue weighted by Gasteiger charge is 2.35. The van der Waals surface area contributed by atoms with Crippen molar-refractivity contribution in [2.45, 2.75) is 19.7 Å². The van der Waals surface area contributed by atoms with Gasteiger partial charge in [0, 0.05) is 6.07 Å². The van der Waals surface area contributed by atoms with Crippen LogP contribution in [0.5, 0.6) is 5.75 Å². The van der Waals surface area contributed by atoms with Gasteiger partial charge in [-0.2, -0.15) is 22.0 Å². The maximum absolute atomic E-state index is 12.5. The zero-order valence-electron chi connectivity index (χ0n) is 8.82. The first-order chi connectivity index (χ1) is 8.12. The van der Waals surface area contributed by atoms with Crippen molar-refractivity contribution in [2.75, 3.05) is 0 Å². The third-order valence-electron chi connectivity index (χ3n) is 1.97. The maximum Gasteiger partial charge on any atom is 0.417 e. The predicted octanol–water partition coefficient (Wildman–Crippen LogP) is 4.16. The maximum atomic E-state index is 12.5. The number of carbonyl (C=O) groups is 1. The van der Waals surface area contributed by atoms with Gasteiger partial charge in [0.05, 0.1) is 16.1 Å². The molecule has 2 nitrogen and oxygen atoms in total. The molecule has 0 unspecified atom stereocenters. The van der Waals surface area contributed by atoms with Crippen molar-refractivity contribution >= 4 is 17.4 Å². The molecular weight excluding hydrogens is 283 g/mol. The molecule has 0 spiro atoms. The van der Waals surface area contributed by atoms with Gasteiger partial charge in [-0.1, -0.05) is 11.6 Å². The van der Waals surface area contributed by atoms with Gasteiger partial charge in [-0.15, -0.1) is 0 Å². The molecule has 0 aliphatic carbocycles. The molecule has 0 aliphatic heterocycles. The number of hydrogen-bond donors (Lipinski definition) is 0. The Labute approximate surface area is 103 Å². The van der Waals surface area contributed by atoms with Crippen LogP contribution in [-0.2, 0) is 6.18 Å². The Morgan fingerprint density at radius 2 is 1.89 bits per heavy atom. The lowest BCUT2D eigenvalue weighted by Gasteiger charge is -2.14. The van der Waals surface area contributed by atoms with Crippen molar-refractivity contribution in [1.82, 2.24) is 0 Å². The summed E-state index contributed by atoms with van der Waals surface area (Å²) in [5.74, 6) is -1.52. The van der Waals surface area contributed by atoms with E-state index in [0.29, 0.717) is 12.1 Å². The summed E-state index contributed by atoms with van der Waals surface area (Å²) in [6, 6.07) is 0.940. The van der Waals surface area contributed by atoms with Crippen LogP contribution in [0.15, 0.2) is 12.1 Å². The van der Waals surface area contributed by atoms with E-state index in [0.717, 1.165) is 6.92 Å². The summed E-state index contributed by atoms with van der Waals surface area (Å²) in [7, 11) is 0. The fraction of sp³-hybridized carbons (Fsp3) is 0.300. The molecule has 8 heteroatoms. The summed E-state index contributed by atoms with van der Waals surface area (Å²) in [6.45, 7) is -2.34. The van der Waals surface area contributed by atoms with E-state index in [1.165, 1.54) is 0 Å². The minimum Gasteiger partial charge on any atom is -0.434 e. The predicted molar refractivity (Wildman–Crippen MR) is 53.1 cm³/mol. The summed E-state index contributed by atoms with van der Waals surface area (Å²) >= 11 is 5.32. The van der Waals surface area contributed by atoms with Crippen molar-refractivity contribution in [3.05, 3.63) is 28.3 Å². The molecule has 0 aliphatic rings. The number of ether oxygens (including phenoxy) is 1. The lowest BCUT2D eigenvalue weighted by molar-refractivity contribution is -0.137. The quantitative estimate of drug-likeness (QED) is 0.616. The fourth-order valence-corrected chi connectivity index (χ4v) is 1.50. The monoisotopic (exact) mass is 288 g/mol. The highest BCUT2D eigenvalue weighted by atomic mass is 35.5. The van der Waals surface area contributed by atoms with Gasteiger partial charge < -0.3 is 4.74 Å². The zero-order valence-corrected chi connectivity index (χ0v) is 9.57. The number of Topliss-reactive ketones (excluding diaryl/α,β-unsaturated/α-hetero) is 1. The first-order valence-corrected chi connectivity index (χ1v) is 4.87. The normalized spacial score (nSPS) is 11.8. The summed E-state index contributed by atoms with van der Waals surface area (Å²) in [6.07, 6.45) is -4.79. The average molecular weight is 289 g/mol. The molecule has 0 radical (unpaired) electrons. The molecule has 0 saturated carbocycles. The number of carbonyl (C=O) groups excluding carboxylic acids is 1. The van der Waals surface area contributed by atoms with Crippen LogP contribution in [0.4, 0.5) is 22.0 Å². The summed E-state index contributed by atoms with van der Waals surface area (Å²) < 4.78 is 65.5. The standard InChI is InChI=1S/C10H6ClF5O2/c1-4(17)5-2-6(10(14,15)16)7(11)3-8(5)18-9(12)13/h2-3,9H,1H3. The topological polar surface area (TPSA) is 26.3 Å². The van der Waals surface area contributed by atoms with Crippen LogP contribution in [0.2, 0.25) is 5.02 Å². The summed E-state index contributed by atoms with van der Waals surface area (Å²) in [5, 5.41) is -0.817. The van der Waals surface area contributed by atoms with Gasteiger partial charge in [-0.05, 0) is 13.0 Å². The van der Waals surface area contributed by atoms with Gasteiger partial charge >= 0.3 is 12.8 Å². The smallest absolute Gasteiger partial charge is 0.417 e. The van der Waals surface area contributed by atoms with Crippen LogP contribution in [0.1, 0.15) is 22.8 Å². The van der Waals surface area contributed by atoms with Gasteiger partial charge in [0.2, 0.25) is 0 Å². The van der Waals surface area contributed by atoms with Crippen LogP contribution in [0, 0.1) is 0 Å². The molecule has 0 N–H and O–H groups in total. The lowest BCUT2D eigenvalue weighted by atomic mass is 10.1. The van der Waals surface area contributed by atoms with Crippen molar-refractivity contribution in [2.24, 2.45) is 0 Å². The van der Waals surface area contributed by atoms with Crippen LogP contribution in [-0.4, -0.2) is 12.4 Å². The Morgan fingerprint density at radius 1 is 1.33 bits per heavy atom. The van der Waals surface area contributed by atoms with E-state index >= 15 is 0 Å². The second kappa shape index (κ2) is 5.09. The molecule has 0 fully saturated rings. The van der Waals surface area contributed by atoms with Gasteiger partial charge in [-0.3, -0.25) is 4.79 Å². The average Bonchev–Trinajstić information content (AvgIpc) is 2.13. The first-order valence-electron chi connectivity index (χ1n) is 4.49. The van der Waals surface area contributed by atoms with Gasteiger partial charge in [0.25, 0.3) is 0 Å². The molecule has 0 aromatic heterocycles. The van der Waals surface area contributed by atoms with Crippen molar-refractivity contribution in [1.29, 1.82) is 0 Å². The Morgan fingerprint density at radius 3 is 2.28 bits per heavy atom. The highest BCUT2D eigenvalue weighted by Crippen LogP contribution is 2.38. The summed E-state index contributed by atoms with van der Waals surface area (Å²) in [4.78, 5) is 11.1. The number of benzene rings is 1. The lowest BCUT2D eigenvalue weighted by Crippen LogP contribution is -2.11. The minimum absolute atomic E-state index is 0.391. The summed E-state index contributed by atoms with van der Waals surface area (Å²) in [5.41, 5.74) is -1.89. The molecular formula is C10H6ClF5O2. The molecule has 0 heterocycles. The molecule has 0 bridgehead atoms. The van der Waals surface area contributed by atoms with E-state index in [-0.39, 0.29) is 0 Å². The largest absolute Gasteiger partial charge is 0.434 e. The minimum atomic E-state index is -4.79. The fourth-order valence-electron chi connectivity index (χ4n) is 1.24. The number of hydrogen-bond acceptors (Lipinski definition) is 2. The molecule has 18 heavy (non-hydrogen) atoms. The first kappa shape index (κ1) is 14.7. The second-order valence-corrected chi connectivity index (χ2v) is 3.67.